The number of halogens is 4. The molecule has 9 rings (SSSR count). The third-order valence-corrected chi connectivity index (χ3v) is 9.48. The third-order valence-electron chi connectivity index (χ3n) is 8.61. The first kappa shape index (κ1) is 34.7. The number of hydrogen-bond acceptors (Lipinski definition) is 11. The number of carbonyl (C=O) groups is 3. The summed E-state index contributed by atoms with van der Waals surface area (Å²) in [5.74, 6) is 1.01. The van der Waals surface area contributed by atoms with Gasteiger partial charge in [0.2, 0.25) is 0 Å². The fraction of sp³-hybridized carbons (Fsp3) is 0. The van der Waals surface area contributed by atoms with E-state index >= 15 is 0 Å². The molecule has 0 amide bonds. The molecule has 0 saturated heterocycles. The fourth-order valence-electron chi connectivity index (χ4n) is 6.15. The van der Waals surface area contributed by atoms with E-state index in [1.807, 2.05) is 0 Å². The van der Waals surface area contributed by atoms with Crippen LogP contribution in [0.25, 0.3) is 21.8 Å². The zero-order valence-corrected chi connectivity index (χ0v) is 29.9. The van der Waals surface area contributed by atoms with E-state index < -0.39 is 20.9 Å². The minimum Gasteiger partial charge on any atom is -0.864 e. The van der Waals surface area contributed by atoms with Crippen LogP contribution in [0.4, 0.5) is 0 Å². The van der Waals surface area contributed by atoms with Crippen LogP contribution in [-0.4, -0.2) is 44.9 Å². The summed E-state index contributed by atoms with van der Waals surface area (Å²) in [5, 5.41) is 11.1. The van der Waals surface area contributed by atoms with Gasteiger partial charge in [-0.05, 0) is 111 Å². The van der Waals surface area contributed by atoms with Crippen molar-refractivity contribution in [1.29, 1.82) is 0 Å². The van der Waals surface area contributed by atoms with Gasteiger partial charge in [-0.25, -0.2) is 25.0 Å². The van der Waals surface area contributed by atoms with Crippen LogP contribution in [0.2, 0.25) is 0 Å². The maximum absolute atomic E-state index is 12.2. The summed E-state index contributed by atoms with van der Waals surface area (Å²) < 4.78 is 0. The van der Waals surface area contributed by atoms with Gasteiger partial charge in [-0.2, -0.15) is 0 Å². The van der Waals surface area contributed by atoms with E-state index in [0.717, 1.165) is 0 Å². The summed E-state index contributed by atoms with van der Waals surface area (Å²) in [5.41, 5.74) is 3.25. The van der Waals surface area contributed by atoms with Crippen LogP contribution in [-0.2, 0) is 17.1 Å². The fourth-order valence-corrected chi connectivity index (χ4v) is 6.62. The molecule has 8 bridgehead atoms. The van der Waals surface area contributed by atoms with Gasteiger partial charge in [0, 0.05) is 60.7 Å². The van der Waals surface area contributed by atoms with E-state index in [4.69, 9.17) is 86.3 Å². The third kappa shape index (κ3) is 5.78. The normalized spacial score (nSPS) is 15.3. The van der Waals surface area contributed by atoms with Crippen molar-refractivity contribution in [3.05, 3.63) is 139 Å². The minimum absolute atomic E-state index is 0. The molecule has 0 N–H and O–H groups in total. The topological polar surface area (TPSA) is 175 Å². The Morgan fingerprint density at radius 2 is 0.962 bits per heavy atom. The zero-order chi connectivity index (χ0) is 36.0. The Morgan fingerprint density at radius 1 is 0.491 bits per heavy atom. The minimum atomic E-state index is -0.688. The summed E-state index contributed by atoms with van der Waals surface area (Å²) in [7, 11) is 0. The van der Waals surface area contributed by atoms with Crippen LogP contribution in [0.3, 0.4) is 0 Å². The molecule has 0 spiro atoms. The Hall–Kier alpha value is -5.40. The molecule has 259 valence electrons. The molecule has 4 aliphatic heterocycles. The van der Waals surface area contributed by atoms with Gasteiger partial charge in [0.05, 0.1) is 11.7 Å². The number of nitrogens with zero attached hydrogens (tertiary/aromatic N) is 8. The molecule has 53 heavy (non-hydrogen) atoms. The molecule has 17 heteroatoms. The van der Waals surface area contributed by atoms with Crippen molar-refractivity contribution in [3.63, 3.8) is 0 Å². The largest absolute Gasteiger partial charge is 2.00 e. The van der Waals surface area contributed by atoms with Gasteiger partial charge in [-0.3, -0.25) is 14.4 Å². The van der Waals surface area contributed by atoms with E-state index in [0.29, 0.717) is 43.8 Å². The molecule has 0 saturated carbocycles. The molecule has 5 heterocycles. The maximum atomic E-state index is 12.2. The quantitative estimate of drug-likeness (QED) is 0.201. The summed E-state index contributed by atoms with van der Waals surface area (Å²) >= 11 is 23.4. The summed E-state index contributed by atoms with van der Waals surface area (Å²) in [6.07, 6.45) is 0. The Balaban J connectivity index is 0.00000400. The van der Waals surface area contributed by atoms with Gasteiger partial charge in [-0.15, -0.1) is 11.6 Å². The Morgan fingerprint density at radius 3 is 1.53 bits per heavy atom. The second kappa shape index (κ2) is 12.9. The monoisotopic (exact) mass is 823 g/mol. The van der Waals surface area contributed by atoms with E-state index in [2.05, 4.69) is 0 Å². The van der Waals surface area contributed by atoms with Crippen molar-refractivity contribution < 1.29 is 36.6 Å². The van der Waals surface area contributed by atoms with E-state index in [1.165, 1.54) is 24.3 Å². The SMILES string of the molecule is O=C(Cl)c1ccc2c(c1)C1=NC3=NC(=NC4=c5cc/c(=C(/[O-])Cl)cc5C(=N4)N=c4[n-]c(c5cc(C(=O)Cl)ccc45)=NC2=N1)c1cc(C(=O)Cl)ccc13.[Cu+2]. The van der Waals surface area contributed by atoms with Crippen LogP contribution in [0.15, 0.2) is 108 Å². The number of rotatable bonds is 3. The molecule has 0 unspecified atom stereocenters. The van der Waals surface area contributed by atoms with Crippen LogP contribution in [0, 0.1) is 0 Å². The van der Waals surface area contributed by atoms with Gasteiger partial charge < -0.3 is 20.1 Å². The number of fused-ring (bicyclic) bond motifs is 16. The van der Waals surface area contributed by atoms with Crippen LogP contribution in [0.1, 0.15) is 58.9 Å². The summed E-state index contributed by atoms with van der Waals surface area (Å²) in [4.78, 5) is 74.8. The van der Waals surface area contributed by atoms with Gasteiger partial charge in [-0.1, -0.05) is 18.2 Å². The number of aromatic nitrogens is 1. The van der Waals surface area contributed by atoms with Crippen LogP contribution < -0.4 is 31.5 Å². The first-order chi connectivity index (χ1) is 25.0. The molecule has 0 atom stereocenters. The van der Waals surface area contributed by atoms with Gasteiger partial charge in [0.15, 0.2) is 23.3 Å². The molecule has 0 fully saturated rings. The molecule has 12 nitrogen and oxygen atoms in total. The smallest absolute Gasteiger partial charge is 0.864 e. The van der Waals surface area contributed by atoms with Crippen molar-refractivity contribution >= 4 is 113 Å². The van der Waals surface area contributed by atoms with Crippen LogP contribution >= 0.6 is 46.4 Å². The number of carbonyl (C=O) groups excluding carboxylic acids is 3. The number of aliphatic imine (C=N–C) groups is 5. The Labute approximate surface area is 326 Å². The predicted octanol–water partition coefficient (Wildman–Crippen LogP) is 2.79. The average molecular weight is 826 g/mol. The van der Waals surface area contributed by atoms with E-state index in [9.17, 15) is 19.5 Å². The molecule has 5 aromatic rings. The standard InChI is InChI=1S/C36H14Cl4N8O4.Cu/c37-25(49)13-1-5-17-21(9-13)33-41-29(17)45-34-22-10-14(26(38)50)2-6-18(22)31(42-34)47-36-24-12-16(28(40)52)4-8-20(24)32(44-36)48-35-23-11-15(27(39)51)3-7-19(23)30(43-35)46-33;/h1-12H,(H2,41,42,43,44,45,46,47,48,49,50,51,52);/q;+2/p-2. The molecule has 4 aromatic carbocycles. The van der Waals surface area contributed by atoms with Crippen molar-refractivity contribution in [2.75, 3.05) is 0 Å². The van der Waals surface area contributed by atoms with Gasteiger partial charge in [0.25, 0.3) is 15.7 Å². The van der Waals surface area contributed by atoms with Crippen molar-refractivity contribution in [1.82, 2.24) is 4.98 Å². The van der Waals surface area contributed by atoms with Crippen LogP contribution in [0.5, 0.6) is 0 Å². The van der Waals surface area contributed by atoms with Crippen molar-refractivity contribution in [2.45, 2.75) is 0 Å². The first-order valence-corrected chi connectivity index (χ1v) is 16.6. The van der Waals surface area contributed by atoms with E-state index in [-0.39, 0.29) is 85.0 Å². The Kier molecular flexibility index (Phi) is 8.45. The molecular weight excluding hydrogens is 814 g/mol. The number of benzene rings is 4. The first-order valence-electron chi connectivity index (χ1n) is 15.1. The summed E-state index contributed by atoms with van der Waals surface area (Å²) in [6, 6.07) is 18.9. The molecular formula is C36H12Cl4CuN8O4. The average Bonchev–Trinajstić information content (AvgIpc) is 3.85. The summed E-state index contributed by atoms with van der Waals surface area (Å²) in [6.45, 7) is 0. The maximum Gasteiger partial charge on any atom is 2.00 e. The number of amidine groups is 5. The van der Waals surface area contributed by atoms with Crippen molar-refractivity contribution in [3.8, 4) is 0 Å². The van der Waals surface area contributed by atoms with Crippen molar-refractivity contribution in [2.24, 2.45) is 34.9 Å². The zero-order valence-electron chi connectivity index (χ0n) is 26.0. The predicted molar refractivity (Wildman–Crippen MR) is 194 cm³/mol. The van der Waals surface area contributed by atoms with Gasteiger partial charge >= 0.3 is 17.1 Å². The molecule has 4 aliphatic rings. The van der Waals surface area contributed by atoms with E-state index in [1.54, 1.807) is 48.5 Å². The molecule has 0 aliphatic carbocycles. The second-order valence-electron chi connectivity index (χ2n) is 11.6. The molecule has 1 aromatic heterocycles. The van der Waals surface area contributed by atoms with Gasteiger partial charge in [0.1, 0.15) is 0 Å². The molecule has 1 radical (unpaired) electrons. The second-order valence-corrected chi connectivity index (χ2v) is 13.0. The number of hydrogen-bond donors (Lipinski definition) is 0. The Bertz CT molecular complexity index is 3040.